The van der Waals surface area contributed by atoms with Crippen molar-refractivity contribution in [2.75, 3.05) is 6.54 Å². The van der Waals surface area contributed by atoms with Crippen LogP contribution in [0.1, 0.15) is 31.4 Å². The van der Waals surface area contributed by atoms with E-state index in [0.717, 1.165) is 0 Å². The fourth-order valence-corrected chi connectivity index (χ4v) is 2.51. The van der Waals surface area contributed by atoms with Crippen molar-refractivity contribution < 1.29 is 13.6 Å². The Hall–Kier alpha value is -1.49. The molecule has 1 saturated heterocycles. The first-order valence-electron chi connectivity index (χ1n) is 6.05. The molecule has 1 heterocycles. The second-order valence-electron chi connectivity index (χ2n) is 4.46. The Morgan fingerprint density at radius 1 is 1.39 bits per heavy atom. The van der Waals surface area contributed by atoms with Crippen LogP contribution in [0.5, 0.6) is 0 Å². The summed E-state index contributed by atoms with van der Waals surface area (Å²) in [6, 6.07) is 2.54. The maximum atomic E-state index is 13.8. The van der Waals surface area contributed by atoms with Crippen molar-refractivity contribution >= 4 is 5.91 Å². The first-order valence-corrected chi connectivity index (χ1v) is 6.05. The smallest absolute Gasteiger partial charge is 0.223 e. The van der Waals surface area contributed by atoms with Gasteiger partial charge in [-0.1, -0.05) is 6.07 Å². The summed E-state index contributed by atoms with van der Waals surface area (Å²) in [4.78, 5) is 13.3. The Bertz CT molecular complexity index is 444. The van der Waals surface area contributed by atoms with Crippen LogP contribution in [0.3, 0.4) is 0 Å². The van der Waals surface area contributed by atoms with Crippen molar-refractivity contribution in [2.24, 2.45) is 5.73 Å². The quantitative estimate of drug-likeness (QED) is 0.877. The number of amides is 1. The van der Waals surface area contributed by atoms with Gasteiger partial charge in [0.1, 0.15) is 11.6 Å². The zero-order chi connectivity index (χ0) is 13.3. The van der Waals surface area contributed by atoms with Gasteiger partial charge in [0, 0.05) is 24.6 Å². The lowest BCUT2D eigenvalue weighted by Crippen LogP contribution is -2.49. The number of likely N-dealkylation sites (N-methyl/N-ethyl adjacent to an activating group) is 1. The van der Waals surface area contributed by atoms with Crippen LogP contribution in [-0.2, 0) is 4.79 Å². The van der Waals surface area contributed by atoms with E-state index in [2.05, 4.69) is 0 Å². The number of hydrogen-bond acceptors (Lipinski definition) is 2. The third kappa shape index (κ3) is 2.10. The maximum absolute atomic E-state index is 13.8. The molecule has 2 rings (SSSR count). The Kier molecular flexibility index (Phi) is 3.61. The standard InChI is InChI=1S/C13H16F2N2O/c1-2-17-11(18)7-6-10(16)13(17)12-8(14)4-3-5-9(12)15/h3-5,10,13H,2,6-7,16H2,1H3. The predicted molar refractivity (Wildman–Crippen MR) is 63.7 cm³/mol. The van der Waals surface area contributed by atoms with Crippen LogP contribution < -0.4 is 5.73 Å². The van der Waals surface area contributed by atoms with Crippen molar-refractivity contribution in [2.45, 2.75) is 31.8 Å². The molecule has 1 aliphatic rings. The zero-order valence-corrected chi connectivity index (χ0v) is 10.2. The number of nitrogens with zero attached hydrogens (tertiary/aromatic N) is 1. The second kappa shape index (κ2) is 5.02. The second-order valence-corrected chi connectivity index (χ2v) is 4.46. The molecule has 3 nitrogen and oxygen atoms in total. The summed E-state index contributed by atoms with van der Waals surface area (Å²) in [6.07, 6.45) is 0.787. The van der Waals surface area contributed by atoms with Gasteiger partial charge >= 0.3 is 0 Å². The van der Waals surface area contributed by atoms with Crippen molar-refractivity contribution in [3.05, 3.63) is 35.4 Å². The van der Waals surface area contributed by atoms with Gasteiger partial charge in [0.05, 0.1) is 6.04 Å². The minimum Gasteiger partial charge on any atom is -0.334 e. The molecule has 0 bridgehead atoms. The number of halogens is 2. The molecular formula is C13H16F2N2O. The number of nitrogens with two attached hydrogens (primary N) is 1. The first kappa shape index (κ1) is 13.0. The van der Waals surface area contributed by atoms with E-state index in [1.165, 1.54) is 23.1 Å². The molecule has 1 aromatic rings. The molecule has 1 aromatic carbocycles. The summed E-state index contributed by atoms with van der Waals surface area (Å²) in [5.74, 6) is -1.40. The lowest BCUT2D eigenvalue weighted by molar-refractivity contribution is -0.137. The molecule has 98 valence electrons. The molecule has 0 saturated carbocycles. The summed E-state index contributed by atoms with van der Waals surface area (Å²) in [5.41, 5.74) is 5.85. The number of likely N-dealkylation sites (tertiary alicyclic amines) is 1. The van der Waals surface area contributed by atoms with E-state index >= 15 is 0 Å². The van der Waals surface area contributed by atoms with Gasteiger partial charge in [-0.2, -0.15) is 0 Å². The highest BCUT2D eigenvalue weighted by Crippen LogP contribution is 2.33. The molecule has 5 heteroatoms. The molecule has 18 heavy (non-hydrogen) atoms. The normalized spacial score (nSPS) is 24.4. The van der Waals surface area contributed by atoms with E-state index in [-0.39, 0.29) is 11.5 Å². The molecule has 2 N–H and O–H groups in total. The van der Waals surface area contributed by atoms with Gasteiger partial charge in [0.25, 0.3) is 0 Å². The largest absolute Gasteiger partial charge is 0.334 e. The van der Waals surface area contributed by atoms with Gasteiger partial charge in [-0.3, -0.25) is 4.79 Å². The van der Waals surface area contributed by atoms with Gasteiger partial charge in [-0.25, -0.2) is 8.78 Å². The summed E-state index contributed by atoms with van der Waals surface area (Å²) in [6.45, 7) is 2.17. The predicted octanol–water partition coefficient (Wildman–Crippen LogP) is 1.98. The SMILES string of the molecule is CCN1C(=O)CCC(N)C1c1c(F)cccc1F. The Labute approximate surface area is 105 Å². The van der Waals surface area contributed by atoms with Crippen LogP contribution in [0, 0.1) is 11.6 Å². The van der Waals surface area contributed by atoms with E-state index in [4.69, 9.17) is 5.73 Å². The molecule has 2 unspecified atom stereocenters. The lowest BCUT2D eigenvalue weighted by atomic mass is 9.90. The fourth-order valence-electron chi connectivity index (χ4n) is 2.51. The average Bonchev–Trinajstić information content (AvgIpc) is 2.33. The van der Waals surface area contributed by atoms with Gasteiger partial charge in [-0.05, 0) is 25.5 Å². The Morgan fingerprint density at radius 3 is 2.56 bits per heavy atom. The van der Waals surface area contributed by atoms with Crippen molar-refractivity contribution in [1.29, 1.82) is 0 Å². The van der Waals surface area contributed by atoms with Crippen LogP contribution >= 0.6 is 0 Å². The molecule has 0 aliphatic carbocycles. The Balaban J connectivity index is 2.48. The van der Waals surface area contributed by atoms with E-state index in [9.17, 15) is 13.6 Å². The number of benzene rings is 1. The lowest BCUT2D eigenvalue weighted by Gasteiger charge is -2.39. The highest BCUT2D eigenvalue weighted by Gasteiger charge is 2.36. The van der Waals surface area contributed by atoms with Crippen LogP contribution in [0.4, 0.5) is 8.78 Å². The highest BCUT2D eigenvalue weighted by atomic mass is 19.1. The number of carbonyl (C=O) groups excluding carboxylic acids is 1. The molecular weight excluding hydrogens is 238 g/mol. The van der Waals surface area contributed by atoms with E-state index in [0.29, 0.717) is 19.4 Å². The highest BCUT2D eigenvalue weighted by molar-refractivity contribution is 5.78. The summed E-state index contributed by atoms with van der Waals surface area (Å²) in [5, 5.41) is 0. The minimum absolute atomic E-state index is 0.0973. The fraction of sp³-hybridized carbons (Fsp3) is 0.462. The van der Waals surface area contributed by atoms with Crippen LogP contribution in [0.25, 0.3) is 0 Å². The van der Waals surface area contributed by atoms with Crippen molar-refractivity contribution in [1.82, 2.24) is 4.90 Å². The molecule has 1 amide bonds. The van der Waals surface area contributed by atoms with E-state index < -0.39 is 23.7 Å². The van der Waals surface area contributed by atoms with Crippen LogP contribution in [-0.4, -0.2) is 23.4 Å². The molecule has 0 radical (unpaired) electrons. The molecule has 2 atom stereocenters. The maximum Gasteiger partial charge on any atom is 0.223 e. The van der Waals surface area contributed by atoms with Gasteiger partial charge in [0.15, 0.2) is 0 Å². The molecule has 1 fully saturated rings. The first-order chi connectivity index (χ1) is 8.56. The molecule has 0 aromatic heterocycles. The third-order valence-electron chi connectivity index (χ3n) is 3.39. The average molecular weight is 254 g/mol. The van der Waals surface area contributed by atoms with Gasteiger partial charge < -0.3 is 10.6 Å². The van der Waals surface area contributed by atoms with Gasteiger partial charge in [-0.15, -0.1) is 0 Å². The van der Waals surface area contributed by atoms with E-state index in [1.807, 2.05) is 0 Å². The minimum atomic E-state index is -0.711. The summed E-state index contributed by atoms with van der Waals surface area (Å²) >= 11 is 0. The topological polar surface area (TPSA) is 46.3 Å². The Morgan fingerprint density at radius 2 is 2.00 bits per heavy atom. The van der Waals surface area contributed by atoms with Crippen molar-refractivity contribution in [3.8, 4) is 0 Å². The zero-order valence-electron chi connectivity index (χ0n) is 10.2. The number of piperidine rings is 1. The van der Waals surface area contributed by atoms with Crippen LogP contribution in [0.15, 0.2) is 18.2 Å². The number of hydrogen-bond donors (Lipinski definition) is 1. The van der Waals surface area contributed by atoms with Crippen LogP contribution in [0.2, 0.25) is 0 Å². The molecule has 1 aliphatic heterocycles. The van der Waals surface area contributed by atoms with E-state index in [1.54, 1.807) is 6.92 Å². The summed E-state index contributed by atoms with van der Waals surface area (Å²) < 4.78 is 27.6. The molecule has 0 spiro atoms. The number of rotatable bonds is 2. The monoisotopic (exact) mass is 254 g/mol. The third-order valence-corrected chi connectivity index (χ3v) is 3.39. The summed E-state index contributed by atoms with van der Waals surface area (Å²) in [7, 11) is 0. The van der Waals surface area contributed by atoms with Crippen molar-refractivity contribution in [3.63, 3.8) is 0 Å². The number of carbonyl (C=O) groups is 1. The van der Waals surface area contributed by atoms with Gasteiger partial charge in [0.2, 0.25) is 5.91 Å².